The number of ether oxygens (including phenoxy) is 1. The number of nitrogens with zero attached hydrogens (tertiary/aromatic N) is 2. The van der Waals surface area contributed by atoms with Crippen molar-refractivity contribution in [1.29, 1.82) is 5.26 Å². The summed E-state index contributed by atoms with van der Waals surface area (Å²) in [5.74, 6) is 0.368. The second-order valence-corrected chi connectivity index (χ2v) is 3.13. The smallest absolute Gasteiger partial charge is 0.254 e. The van der Waals surface area contributed by atoms with E-state index < -0.39 is 5.91 Å². The van der Waals surface area contributed by atoms with Crippen molar-refractivity contribution >= 4 is 12.1 Å². The molecule has 0 fully saturated rings. The number of benzene rings is 1. The first-order valence-corrected chi connectivity index (χ1v) is 5.18. The van der Waals surface area contributed by atoms with Crippen LogP contribution >= 0.6 is 0 Å². The molecule has 0 bridgehead atoms. The molecule has 0 spiro atoms. The molecule has 0 radical (unpaired) electrons. The lowest BCUT2D eigenvalue weighted by atomic mass is 10.2. The Morgan fingerprint density at radius 2 is 2.24 bits per heavy atom. The van der Waals surface area contributed by atoms with E-state index in [1.165, 1.54) is 6.21 Å². The number of hydrogen-bond donors (Lipinski definition) is 1. The lowest BCUT2D eigenvalue weighted by molar-refractivity contribution is -0.120. The second kappa shape index (κ2) is 7.01. The second-order valence-electron chi connectivity index (χ2n) is 3.13. The highest BCUT2D eigenvalue weighted by Gasteiger charge is 1.96. The fourth-order valence-electron chi connectivity index (χ4n) is 1.11. The molecule has 1 N–H and O–H groups in total. The Balaban J connectivity index is 2.49. The van der Waals surface area contributed by atoms with Gasteiger partial charge in [0.15, 0.2) is 0 Å². The van der Waals surface area contributed by atoms with Crippen LogP contribution in [0.5, 0.6) is 5.75 Å². The van der Waals surface area contributed by atoms with E-state index >= 15 is 0 Å². The van der Waals surface area contributed by atoms with E-state index in [0.29, 0.717) is 6.61 Å². The molecule has 17 heavy (non-hydrogen) atoms. The number of nitriles is 1. The molecular weight excluding hydrogens is 218 g/mol. The van der Waals surface area contributed by atoms with Crippen molar-refractivity contribution in [2.75, 3.05) is 6.61 Å². The fourth-order valence-corrected chi connectivity index (χ4v) is 1.11. The predicted octanol–water partition coefficient (Wildman–Crippen LogP) is 1.45. The summed E-state index contributed by atoms with van der Waals surface area (Å²) < 4.78 is 5.29. The zero-order valence-electron chi connectivity index (χ0n) is 9.51. The van der Waals surface area contributed by atoms with E-state index in [-0.39, 0.29) is 6.42 Å². The van der Waals surface area contributed by atoms with Gasteiger partial charge in [-0.2, -0.15) is 10.4 Å². The molecule has 0 saturated heterocycles. The van der Waals surface area contributed by atoms with Gasteiger partial charge in [-0.15, -0.1) is 0 Å². The summed E-state index contributed by atoms with van der Waals surface area (Å²) >= 11 is 0. The number of carbonyl (C=O) groups is 1. The minimum atomic E-state index is -0.422. The zero-order valence-corrected chi connectivity index (χ0v) is 9.51. The number of rotatable bonds is 5. The van der Waals surface area contributed by atoms with Crippen LogP contribution in [0.3, 0.4) is 0 Å². The summed E-state index contributed by atoms with van der Waals surface area (Å²) in [7, 11) is 0. The summed E-state index contributed by atoms with van der Waals surface area (Å²) in [6.07, 6.45) is 1.31. The molecule has 1 rings (SSSR count). The minimum Gasteiger partial charge on any atom is -0.494 e. The molecule has 0 heterocycles. The SMILES string of the molecule is CCOc1ccc(/C=N/NC(=O)CC#N)cc1. The number of carbonyl (C=O) groups excluding carboxylic acids is 1. The van der Waals surface area contributed by atoms with Gasteiger partial charge in [0.1, 0.15) is 12.2 Å². The maximum atomic E-state index is 10.9. The molecule has 1 aromatic carbocycles. The van der Waals surface area contributed by atoms with Crippen LogP contribution < -0.4 is 10.2 Å². The van der Waals surface area contributed by atoms with Crippen molar-refractivity contribution < 1.29 is 9.53 Å². The lowest BCUT2D eigenvalue weighted by Gasteiger charge is -2.01. The normalized spacial score (nSPS) is 9.88. The summed E-state index contributed by atoms with van der Waals surface area (Å²) in [6.45, 7) is 2.54. The molecule has 0 saturated carbocycles. The van der Waals surface area contributed by atoms with Gasteiger partial charge in [0.25, 0.3) is 5.91 Å². The first kappa shape index (κ1) is 12.7. The Kier molecular flexibility index (Phi) is 5.25. The summed E-state index contributed by atoms with van der Waals surface area (Å²) in [5.41, 5.74) is 3.09. The lowest BCUT2D eigenvalue weighted by Crippen LogP contribution is -2.16. The Morgan fingerprint density at radius 3 is 2.82 bits per heavy atom. The van der Waals surface area contributed by atoms with Crippen molar-refractivity contribution in [3.63, 3.8) is 0 Å². The topological polar surface area (TPSA) is 74.5 Å². The van der Waals surface area contributed by atoms with Crippen molar-refractivity contribution in [1.82, 2.24) is 5.43 Å². The number of hydrazone groups is 1. The van der Waals surface area contributed by atoms with Crippen LogP contribution in [0.25, 0.3) is 0 Å². The Hall–Kier alpha value is -2.35. The molecule has 5 nitrogen and oxygen atoms in total. The summed E-state index contributed by atoms with van der Waals surface area (Å²) in [4.78, 5) is 10.9. The summed E-state index contributed by atoms with van der Waals surface area (Å²) in [5, 5.41) is 12.0. The quantitative estimate of drug-likeness (QED) is 0.615. The number of amides is 1. The maximum Gasteiger partial charge on any atom is 0.254 e. The molecule has 0 aliphatic heterocycles. The van der Waals surface area contributed by atoms with Crippen LogP contribution in [0.4, 0.5) is 0 Å². The molecule has 88 valence electrons. The molecule has 0 unspecified atom stereocenters. The number of hydrogen-bond acceptors (Lipinski definition) is 4. The van der Waals surface area contributed by atoms with Crippen molar-refractivity contribution in [3.8, 4) is 11.8 Å². The first-order chi connectivity index (χ1) is 8.26. The highest BCUT2D eigenvalue weighted by atomic mass is 16.5. The predicted molar refractivity (Wildman–Crippen MR) is 63.6 cm³/mol. The standard InChI is InChI=1S/C12H13N3O2/c1-2-17-11-5-3-10(4-6-11)9-14-15-12(16)7-8-13/h3-6,9H,2,7H2,1H3,(H,15,16)/b14-9+. The van der Waals surface area contributed by atoms with Crippen LogP contribution in [0, 0.1) is 11.3 Å². The zero-order chi connectivity index (χ0) is 12.5. The van der Waals surface area contributed by atoms with Gasteiger partial charge >= 0.3 is 0 Å². The van der Waals surface area contributed by atoms with Crippen LogP contribution in [0.2, 0.25) is 0 Å². The van der Waals surface area contributed by atoms with E-state index in [1.807, 2.05) is 31.2 Å². The molecule has 1 aromatic rings. The molecule has 0 aliphatic rings. The largest absolute Gasteiger partial charge is 0.494 e. The van der Waals surface area contributed by atoms with Gasteiger partial charge in [0.05, 0.1) is 18.9 Å². The number of nitrogens with one attached hydrogen (secondary N) is 1. The van der Waals surface area contributed by atoms with E-state index in [2.05, 4.69) is 10.5 Å². The third-order valence-corrected chi connectivity index (χ3v) is 1.83. The van der Waals surface area contributed by atoms with Gasteiger partial charge in [0.2, 0.25) is 0 Å². The van der Waals surface area contributed by atoms with Gasteiger partial charge in [-0.25, -0.2) is 5.43 Å². The van der Waals surface area contributed by atoms with Crippen LogP contribution in [-0.4, -0.2) is 18.7 Å². The molecule has 5 heteroatoms. The maximum absolute atomic E-state index is 10.9. The third-order valence-electron chi connectivity index (χ3n) is 1.83. The third kappa shape index (κ3) is 4.80. The Morgan fingerprint density at radius 1 is 1.53 bits per heavy atom. The van der Waals surface area contributed by atoms with Gasteiger partial charge in [-0.3, -0.25) is 4.79 Å². The van der Waals surface area contributed by atoms with Crippen LogP contribution in [0.1, 0.15) is 18.9 Å². The van der Waals surface area contributed by atoms with E-state index in [4.69, 9.17) is 10.00 Å². The molecule has 1 amide bonds. The van der Waals surface area contributed by atoms with E-state index in [1.54, 1.807) is 6.07 Å². The van der Waals surface area contributed by atoms with Gasteiger partial charge in [0, 0.05) is 0 Å². The molecule has 0 aliphatic carbocycles. The minimum absolute atomic E-state index is 0.194. The van der Waals surface area contributed by atoms with Crippen LogP contribution in [0.15, 0.2) is 29.4 Å². The van der Waals surface area contributed by atoms with Gasteiger partial charge in [-0.1, -0.05) is 0 Å². The average molecular weight is 231 g/mol. The van der Waals surface area contributed by atoms with Crippen LogP contribution in [-0.2, 0) is 4.79 Å². The summed E-state index contributed by atoms with van der Waals surface area (Å²) in [6, 6.07) is 9.03. The van der Waals surface area contributed by atoms with Crippen molar-refractivity contribution in [3.05, 3.63) is 29.8 Å². The van der Waals surface area contributed by atoms with E-state index in [0.717, 1.165) is 11.3 Å². The molecule has 0 atom stereocenters. The van der Waals surface area contributed by atoms with Crippen molar-refractivity contribution in [2.45, 2.75) is 13.3 Å². The Labute approximate surface area is 99.7 Å². The highest BCUT2D eigenvalue weighted by molar-refractivity contribution is 5.83. The molecular formula is C12H13N3O2. The van der Waals surface area contributed by atoms with Crippen molar-refractivity contribution in [2.24, 2.45) is 5.10 Å². The average Bonchev–Trinajstić information content (AvgIpc) is 2.32. The molecule has 0 aromatic heterocycles. The first-order valence-electron chi connectivity index (χ1n) is 5.18. The van der Waals surface area contributed by atoms with Gasteiger partial charge in [-0.05, 0) is 36.8 Å². The fraction of sp³-hybridized carbons (Fsp3) is 0.250. The monoisotopic (exact) mass is 231 g/mol. The Bertz CT molecular complexity index is 432. The van der Waals surface area contributed by atoms with Gasteiger partial charge < -0.3 is 4.74 Å². The van der Waals surface area contributed by atoms with E-state index in [9.17, 15) is 4.79 Å². The highest BCUT2D eigenvalue weighted by Crippen LogP contribution is 2.10.